The van der Waals surface area contributed by atoms with Crippen molar-refractivity contribution in [2.75, 3.05) is 20.2 Å². The number of benzene rings is 2. The number of aliphatic hydroxyl groups excluding tert-OH is 1. The molecule has 0 aliphatic carbocycles. The lowest BCUT2D eigenvalue weighted by molar-refractivity contribution is 0.0929. The Morgan fingerprint density at radius 2 is 1.68 bits per heavy atom. The summed E-state index contributed by atoms with van der Waals surface area (Å²) in [5, 5.41) is 15.5. The van der Waals surface area contributed by atoms with Crippen LogP contribution in [0.15, 0.2) is 54.6 Å². The molecule has 0 saturated heterocycles. The number of hydrogen-bond donors (Lipinski definition) is 1. The Hall–Kier alpha value is -2.83. The number of hydrogen-bond acceptors (Lipinski definition) is 5. The van der Waals surface area contributed by atoms with Crippen LogP contribution in [0.5, 0.6) is 17.4 Å². The summed E-state index contributed by atoms with van der Waals surface area (Å²) in [6.07, 6.45) is 2.59. The maximum atomic E-state index is 10.7. The first kappa shape index (κ1) is 25.8. The number of rotatable bonds is 13. The van der Waals surface area contributed by atoms with E-state index >= 15 is 0 Å². The highest BCUT2D eigenvalue weighted by molar-refractivity contribution is 5.65. The third-order valence-corrected chi connectivity index (χ3v) is 5.77. The van der Waals surface area contributed by atoms with Crippen molar-refractivity contribution < 1.29 is 14.6 Å². The molecule has 0 amide bonds. The van der Waals surface area contributed by atoms with Crippen molar-refractivity contribution in [3.05, 3.63) is 60.2 Å². The minimum atomic E-state index is -0.346. The van der Waals surface area contributed by atoms with Crippen LogP contribution in [-0.4, -0.2) is 46.1 Å². The first-order valence-electron chi connectivity index (χ1n) is 12.2. The predicted molar refractivity (Wildman–Crippen MR) is 137 cm³/mol. The van der Waals surface area contributed by atoms with Crippen molar-refractivity contribution >= 4 is 0 Å². The monoisotopic (exact) mass is 465 g/mol. The summed E-state index contributed by atoms with van der Waals surface area (Å²) in [6.45, 7) is 8.73. The smallest absolute Gasteiger partial charge is 0.222 e. The molecule has 1 N–H and O–H groups in total. The van der Waals surface area contributed by atoms with Gasteiger partial charge < -0.3 is 14.6 Å². The van der Waals surface area contributed by atoms with Crippen LogP contribution in [0.3, 0.4) is 0 Å². The zero-order chi connectivity index (χ0) is 24.5. The molecule has 0 unspecified atom stereocenters. The molecule has 0 spiro atoms. The van der Waals surface area contributed by atoms with Gasteiger partial charge in [0, 0.05) is 32.2 Å². The minimum Gasteiger partial charge on any atom is -0.497 e. The highest BCUT2D eigenvalue weighted by Crippen LogP contribution is 2.34. The number of unbranched alkanes of at least 4 members (excludes halogenated alkanes) is 1. The van der Waals surface area contributed by atoms with Gasteiger partial charge >= 0.3 is 0 Å². The first-order valence-corrected chi connectivity index (χ1v) is 12.2. The Labute approximate surface area is 204 Å². The van der Waals surface area contributed by atoms with E-state index in [1.807, 2.05) is 54.2 Å². The van der Waals surface area contributed by atoms with Gasteiger partial charge in [0.05, 0.1) is 18.8 Å². The fourth-order valence-electron chi connectivity index (χ4n) is 4.18. The maximum Gasteiger partial charge on any atom is 0.222 e. The van der Waals surface area contributed by atoms with Gasteiger partial charge in [-0.3, -0.25) is 4.90 Å². The van der Waals surface area contributed by atoms with Gasteiger partial charge in [-0.25, -0.2) is 4.68 Å². The normalized spacial score (nSPS) is 12.4. The van der Waals surface area contributed by atoms with E-state index in [1.165, 1.54) is 0 Å². The summed E-state index contributed by atoms with van der Waals surface area (Å²) in [5.74, 6) is 2.69. The molecule has 0 saturated carbocycles. The number of nitrogens with zero attached hydrogens (tertiary/aromatic N) is 3. The molecule has 2 aromatic carbocycles. The van der Waals surface area contributed by atoms with Gasteiger partial charge in [-0.15, -0.1) is 0 Å². The van der Waals surface area contributed by atoms with Crippen molar-refractivity contribution in [1.82, 2.24) is 14.7 Å². The van der Waals surface area contributed by atoms with E-state index in [1.54, 1.807) is 7.11 Å². The van der Waals surface area contributed by atoms with Gasteiger partial charge in [0.1, 0.15) is 17.2 Å². The van der Waals surface area contributed by atoms with E-state index in [4.69, 9.17) is 14.6 Å². The van der Waals surface area contributed by atoms with E-state index in [0.717, 1.165) is 54.1 Å². The van der Waals surface area contributed by atoms with Crippen molar-refractivity contribution in [1.29, 1.82) is 0 Å². The van der Waals surface area contributed by atoms with Gasteiger partial charge in [0.2, 0.25) is 5.88 Å². The summed E-state index contributed by atoms with van der Waals surface area (Å²) in [6, 6.07) is 17.8. The van der Waals surface area contributed by atoms with Crippen molar-refractivity contribution in [2.24, 2.45) is 13.0 Å². The quantitative estimate of drug-likeness (QED) is 0.341. The summed E-state index contributed by atoms with van der Waals surface area (Å²) in [4.78, 5) is 2.33. The molecule has 1 atom stereocenters. The average molecular weight is 466 g/mol. The maximum absolute atomic E-state index is 10.7. The Kier molecular flexibility index (Phi) is 9.54. The third-order valence-electron chi connectivity index (χ3n) is 5.77. The molecule has 0 bridgehead atoms. The summed E-state index contributed by atoms with van der Waals surface area (Å²) < 4.78 is 13.5. The fraction of sp³-hybridized carbons (Fsp3) is 0.464. The second-order valence-corrected chi connectivity index (χ2v) is 9.28. The summed E-state index contributed by atoms with van der Waals surface area (Å²) in [7, 11) is 3.57. The van der Waals surface area contributed by atoms with Crippen LogP contribution < -0.4 is 9.47 Å². The van der Waals surface area contributed by atoms with Gasteiger partial charge in [0.15, 0.2) is 0 Å². The van der Waals surface area contributed by atoms with Gasteiger partial charge in [-0.1, -0.05) is 63.9 Å². The lowest BCUT2D eigenvalue weighted by atomic mass is 10.1. The standard InChI is InChI=1S/C28H39N3O3/c1-6-7-13-23(32)19-31(18-21(2)3)20-26-27(22-11-9-8-10-12-22)29-30(4)28(26)34-25-16-14-24(33-5)15-17-25/h8-12,14-17,21,23,32H,6-7,13,18-20H2,1-5H3/t23-/m1/s1. The van der Waals surface area contributed by atoms with Crippen molar-refractivity contribution in [3.63, 3.8) is 0 Å². The number of aryl methyl sites for hydroxylation is 1. The van der Waals surface area contributed by atoms with E-state index < -0.39 is 0 Å². The van der Waals surface area contributed by atoms with Crippen LogP contribution in [0.4, 0.5) is 0 Å². The van der Waals surface area contributed by atoms with Gasteiger partial charge in [-0.05, 0) is 36.6 Å². The molecule has 0 fully saturated rings. The van der Waals surface area contributed by atoms with Crippen molar-refractivity contribution in [3.8, 4) is 28.6 Å². The largest absolute Gasteiger partial charge is 0.497 e. The van der Waals surface area contributed by atoms with E-state index in [2.05, 4.69) is 37.8 Å². The minimum absolute atomic E-state index is 0.346. The first-order chi connectivity index (χ1) is 16.4. The molecule has 0 aliphatic heterocycles. The Balaban J connectivity index is 1.96. The summed E-state index contributed by atoms with van der Waals surface area (Å²) in [5.41, 5.74) is 2.98. The summed E-state index contributed by atoms with van der Waals surface area (Å²) >= 11 is 0. The molecule has 184 valence electrons. The number of ether oxygens (including phenoxy) is 2. The topological polar surface area (TPSA) is 59.8 Å². The zero-order valence-electron chi connectivity index (χ0n) is 21.2. The third kappa shape index (κ3) is 7.08. The molecule has 3 aromatic rings. The van der Waals surface area contributed by atoms with Crippen LogP contribution in [0.25, 0.3) is 11.3 Å². The van der Waals surface area contributed by atoms with Crippen LogP contribution in [-0.2, 0) is 13.6 Å². The van der Waals surface area contributed by atoms with Gasteiger partial charge in [-0.2, -0.15) is 5.10 Å². The lowest BCUT2D eigenvalue weighted by Crippen LogP contribution is -2.35. The lowest BCUT2D eigenvalue weighted by Gasteiger charge is -2.27. The molecule has 0 aliphatic rings. The van der Waals surface area contributed by atoms with E-state index in [-0.39, 0.29) is 6.10 Å². The second-order valence-electron chi connectivity index (χ2n) is 9.28. The second kappa shape index (κ2) is 12.6. The highest BCUT2D eigenvalue weighted by atomic mass is 16.5. The fourth-order valence-corrected chi connectivity index (χ4v) is 4.18. The number of methoxy groups -OCH3 is 1. The molecule has 34 heavy (non-hydrogen) atoms. The number of aromatic nitrogens is 2. The molecule has 3 rings (SSSR count). The molecule has 1 heterocycles. The Morgan fingerprint density at radius 3 is 2.29 bits per heavy atom. The molecule has 1 aromatic heterocycles. The van der Waals surface area contributed by atoms with Crippen molar-refractivity contribution in [2.45, 2.75) is 52.7 Å². The molecule has 6 nitrogen and oxygen atoms in total. The number of aliphatic hydroxyl groups is 1. The molecule has 0 radical (unpaired) electrons. The van der Waals surface area contributed by atoms with E-state index in [0.29, 0.717) is 24.9 Å². The Morgan fingerprint density at radius 1 is 1.00 bits per heavy atom. The predicted octanol–water partition coefficient (Wildman–Crippen LogP) is 5.90. The van der Waals surface area contributed by atoms with Crippen LogP contribution in [0.2, 0.25) is 0 Å². The van der Waals surface area contributed by atoms with Crippen LogP contribution >= 0.6 is 0 Å². The molecular weight excluding hydrogens is 426 g/mol. The van der Waals surface area contributed by atoms with Crippen LogP contribution in [0, 0.1) is 5.92 Å². The van der Waals surface area contributed by atoms with E-state index in [9.17, 15) is 5.11 Å². The highest BCUT2D eigenvalue weighted by Gasteiger charge is 2.23. The molecular formula is C28H39N3O3. The van der Waals surface area contributed by atoms with Crippen LogP contribution in [0.1, 0.15) is 45.6 Å². The SMILES string of the molecule is CCCC[C@@H](O)CN(Cc1c(-c2ccccc2)nn(C)c1Oc1ccc(OC)cc1)CC(C)C. The average Bonchev–Trinajstić information content (AvgIpc) is 3.13. The zero-order valence-corrected chi connectivity index (χ0v) is 21.2. The molecule has 6 heteroatoms. The Bertz CT molecular complexity index is 1000. The van der Waals surface area contributed by atoms with Gasteiger partial charge in [0.25, 0.3) is 0 Å².